The average Bonchev–Trinajstić information content (AvgIpc) is 3.33. The first-order valence-corrected chi connectivity index (χ1v) is 11.1. The number of aromatic nitrogens is 3. The second-order valence-electron chi connectivity index (χ2n) is 7.95. The van der Waals surface area contributed by atoms with E-state index in [0.717, 1.165) is 5.56 Å². The van der Waals surface area contributed by atoms with Crippen LogP contribution in [0.1, 0.15) is 35.8 Å². The minimum absolute atomic E-state index is 0.0411. The van der Waals surface area contributed by atoms with E-state index in [9.17, 15) is 10.1 Å². The molecule has 33 heavy (non-hydrogen) atoms. The number of Topliss-reactive ketones (excluding diaryl/α,β-unsaturated/α-hetero) is 1. The number of aromatic amines is 1. The van der Waals surface area contributed by atoms with Crippen LogP contribution in [0.25, 0.3) is 0 Å². The predicted octanol–water partition coefficient (Wildman–Crippen LogP) is 4.81. The van der Waals surface area contributed by atoms with Crippen molar-refractivity contribution in [3.63, 3.8) is 0 Å². The van der Waals surface area contributed by atoms with Gasteiger partial charge in [0.1, 0.15) is 12.1 Å². The van der Waals surface area contributed by atoms with Crippen LogP contribution in [0.5, 0.6) is 0 Å². The minimum Gasteiger partial charge on any atom is -0.384 e. The van der Waals surface area contributed by atoms with Crippen LogP contribution in [0.3, 0.4) is 0 Å². The van der Waals surface area contributed by atoms with Crippen molar-refractivity contribution in [3.8, 4) is 6.07 Å². The zero-order valence-corrected chi connectivity index (χ0v) is 18.8. The third-order valence-electron chi connectivity index (χ3n) is 6.13. The molecule has 0 radical (unpaired) electrons. The fourth-order valence-corrected chi connectivity index (χ4v) is 5.20. The number of anilines is 1. The number of nitriles is 1. The normalized spacial score (nSPS) is 20.6. The van der Waals surface area contributed by atoms with Gasteiger partial charge in [0.05, 0.1) is 17.6 Å². The van der Waals surface area contributed by atoms with Crippen molar-refractivity contribution in [1.82, 2.24) is 15.2 Å². The summed E-state index contributed by atoms with van der Waals surface area (Å²) in [6.45, 7) is 0. The van der Waals surface area contributed by atoms with Crippen molar-refractivity contribution >= 4 is 34.9 Å². The third-order valence-corrected chi connectivity index (χ3v) is 6.69. The van der Waals surface area contributed by atoms with Crippen molar-refractivity contribution in [2.24, 2.45) is 5.73 Å². The first-order valence-electron chi connectivity index (χ1n) is 10.3. The van der Waals surface area contributed by atoms with E-state index in [2.05, 4.69) is 21.3 Å². The summed E-state index contributed by atoms with van der Waals surface area (Å²) in [4.78, 5) is 19.6. The number of carbonyl (C=O) groups excluding carboxylic acids is 1. The monoisotopic (exact) mass is 476 g/mol. The van der Waals surface area contributed by atoms with Crippen LogP contribution in [-0.2, 0) is 4.79 Å². The lowest BCUT2D eigenvalue weighted by Crippen LogP contribution is -2.40. The molecular formula is C24H18Cl2N6O. The number of benzene rings is 2. The summed E-state index contributed by atoms with van der Waals surface area (Å²) in [5, 5.41) is 17.7. The Balaban J connectivity index is 1.73. The van der Waals surface area contributed by atoms with Crippen molar-refractivity contribution in [1.29, 1.82) is 5.26 Å². The Morgan fingerprint density at radius 3 is 2.61 bits per heavy atom. The lowest BCUT2D eigenvalue weighted by Gasteiger charge is -2.40. The molecule has 164 valence electrons. The molecule has 0 saturated heterocycles. The Morgan fingerprint density at radius 2 is 1.94 bits per heavy atom. The fourth-order valence-electron chi connectivity index (χ4n) is 4.69. The smallest absolute Gasteiger partial charge is 0.231 e. The van der Waals surface area contributed by atoms with Gasteiger partial charge in [-0.2, -0.15) is 15.3 Å². The van der Waals surface area contributed by atoms with Gasteiger partial charge in [0.15, 0.2) is 5.78 Å². The van der Waals surface area contributed by atoms with E-state index in [1.807, 2.05) is 30.3 Å². The fraction of sp³-hybridized carbons (Fsp3) is 0.167. The topological polar surface area (TPSA) is 112 Å². The molecule has 5 rings (SSSR count). The molecule has 2 atom stereocenters. The van der Waals surface area contributed by atoms with Crippen molar-refractivity contribution < 1.29 is 4.79 Å². The molecule has 0 fully saturated rings. The zero-order valence-electron chi connectivity index (χ0n) is 17.3. The van der Waals surface area contributed by atoms with Gasteiger partial charge in [-0.25, -0.2) is 5.10 Å². The summed E-state index contributed by atoms with van der Waals surface area (Å²) in [7, 11) is 0. The van der Waals surface area contributed by atoms with Gasteiger partial charge in [0.25, 0.3) is 0 Å². The van der Waals surface area contributed by atoms with Gasteiger partial charge in [0, 0.05) is 27.7 Å². The molecule has 0 bridgehead atoms. The molecular weight excluding hydrogens is 459 g/mol. The molecule has 7 nitrogen and oxygen atoms in total. The highest BCUT2D eigenvalue weighted by molar-refractivity contribution is 6.35. The third kappa shape index (κ3) is 3.58. The van der Waals surface area contributed by atoms with Crippen LogP contribution in [0.2, 0.25) is 10.0 Å². The molecule has 2 heterocycles. The van der Waals surface area contributed by atoms with Gasteiger partial charge in [0.2, 0.25) is 5.95 Å². The van der Waals surface area contributed by atoms with Gasteiger partial charge in [-0.1, -0.05) is 59.6 Å². The molecule has 0 spiro atoms. The molecule has 2 aromatic carbocycles. The molecule has 2 aliphatic rings. The maximum absolute atomic E-state index is 13.7. The number of ketones is 1. The number of hydrogen-bond donors (Lipinski definition) is 2. The van der Waals surface area contributed by atoms with E-state index < -0.39 is 5.92 Å². The van der Waals surface area contributed by atoms with Crippen LogP contribution >= 0.6 is 23.2 Å². The number of carbonyl (C=O) groups is 1. The standard InChI is InChI=1S/C24H18Cl2N6O/c25-15-6-7-16(18(26)10-15)21-17(11-27)23(28)32(24-29-12-30-31-24)19-8-14(9-20(33)22(19)21)13-4-2-1-3-5-13/h1-7,10,12,14,21H,8-9,28H2,(H,29,30,31). The number of allylic oxidation sites excluding steroid dienone is 3. The molecule has 0 amide bonds. The highest BCUT2D eigenvalue weighted by Crippen LogP contribution is 2.49. The summed E-state index contributed by atoms with van der Waals surface area (Å²) >= 11 is 12.6. The number of nitrogens with one attached hydrogen (secondary N) is 1. The zero-order chi connectivity index (χ0) is 23.1. The van der Waals surface area contributed by atoms with E-state index in [1.54, 1.807) is 23.1 Å². The molecule has 2 unspecified atom stereocenters. The highest BCUT2D eigenvalue weighted by Gasteiger charge is 2.44. The first-order chi connectivity index (χ1) is 16.0. The summed E-state index contributed by atoms with van der Waals surface area (Å²) in [5.74, 6) is -0.273. The van der Waals surface area contributed by atoms with Gasteiger partial charge >= 0.3 is 0 Å². The Morgan fingerprint density at radius 1 is 1.15 bits per heavy atom. The van der Waals surface area contributed by atoms with Crippen molar-refractivity contribution in [2.75, 3.05) is 4.90 Å². The van der Waals surface area contributed by atoms with Gasteiger partial charge in [-0.3, -0.25) is 9.69 Å². The van der Waals surface area contributed by atoms with Crippen molar-refractivity contribution in [3.05, 3.63) is 98.7 Å². The quantitative estimate of drug-likeness (QED) is 0.560. The number of nitrogens with two attached hydrogens (primary N) is 1. The van der Waals surface area contributed by atoms with Crippen LogP contribution < -0.4 is 10.6 Å². The van der Waals surface area contributed by atoms with E-state index >= 15 is 0 Å². The van der Waals surface area contributed by atoms with E-state index in [4.69, 9.17) is 28.9 Å². The molecule has 1 aromatic heterocycles. The Hall–Kier alpha value is -3.60. The lowest BCUT2D eigenvalue weighted by atomic mass is 9.72. The Labute approximate surface area is 200 Å². The molecule has 1 aliphatic carbocycles. The Bertz CT molecular complexity index is 1340. The van der Waals surface area contributed by atoms with Gasteiger partial charge < -0.3 is 5.73 Å². The first kappa shape index (κ1) is 21.3. The molecule has 3 N–H and O–H groups in total. The summed E-state index contributed by atoms with van der Waals surface area (Å²) in [6, 6.07) is 17.1. The maximum Gasteiger partial charge on any atom is 0.231 e. The second kappa shape index (κ2) is 8.39. The van der Waals surface area contributed by atoms with Crippen LogP contribution in [0, 0.1) is 11.3 Å². The molecule has 3 aromatic rings. The maximum atomic E-state index is 13.7. The van der Waals surface area contributed by atoms with Gasteiger partial charge in [-0.05, 0) is 35.6 Å². The largest absolute Gasteiger partial charge is 0.384 e. The summed E-state index contributed by atoms with van der Waals surface area (Å²) in [6.07, 6.45) is 2.21. The average molecular weight is 477 g/mol. The second-order valence-corrected chi connectivity index (χ2v) is 8.80. The number of halogens is 2. The summed E-state index contributed by atoms with van der Waals surface area (Å²) < 4.78 is 0. The minimum atomic E-state index is -0.696. The molecule has 1 aliphatic heterocycles. The number of nitrogens with zero attached hydrogens (tertiary/aromatic N) is 4. The summed E-state index contributed by atoms with van der Waals surface area (Å²) in [5.41, 5.74) is 9.62. The lowest BCUT2D eigenvalue weighted by molar-refractivity contribution is -0.116. The molecule has 9 heteroatoms. The van der Waals surface area contributed by atoms with Crippen LogP contribution in [0.4, 0.5) is 5.95 Å². The van der Waals surface area contributed by atoms with E-state index in [-0.39, 0.29) is 23.1 Å². The Kier molecular flexibility index (Phi) is 5.41. The van der Waals surface area contributed by atoms with Crippen LogP contribution in [0.15, 0.2) is 77.5 Å². The van der Waals surface area contributed by atoms with Crippen molar-refractivity contribution in [2.45, 2.75) is 24.7 Å². The number of H-pyrrole nitrogens is 1. The van der Waals surface area contributed by atoms with Crippen LogP contribution in [-0.4, -0.2) is 21.0 Å². The number of rotatable bonds is 3. The SMILES string of the molecule is N#CC1=C(N)N(c2ncn[nH]2)C2=C(C(=O)CC(c3ccccc3)C2)C1c1ccc(Cl)cc1Cl. The highest BCUT2D eigenvalue weighted by atomic mass is 35.5. The van der Waals surface area contributed by atoms with Gasteiger partial charge in [-0.15, -0.1) is 0 Å². The predicted molar refractivity (Wildman–Crippen MR) is 125 cm³/mol. The van der Waals surface area contributed by atoms with E-state index in [1.165, 1.54) is 6.33 Å². The number of hydrogen-bond acceptors (Lipinski definition) is 6. The van der Waals surface area contributed by atoms with E-state index in [0.29, 0.717) is 45.7 Å². The molecule has 0 saturated carbocycles.